The van der Waals surface area contributed by atoms with Crippen molar-refractivity contribution in [3.8, 4) is 11.5 Å². The van der Waals surface area contributed by atoms with E-state index in [2.05, 4.69) is 34.0 Å². The van der Waals surface area contributed by atoms with E-state index in [9.17, 15) is 0 Å². The van der Waals surface area contributed by atoms with Crippen LogP contribution in [0.2, 0.25) is 5.02 Å². The van der Waals surface area contributed by atoms with Gasteiger partial charge in [0.15, 0.2) is 11.5 Å². The lowest BCUT2D eigenvalue weighted by molar-refractivity contribution is 0.395. The van der Waals surface area contributed by atoms with Crippen molar-refractivity contribution in [3.63, 3.8) is 0 Å². The largest absolute Gasteiger partial charge is 0.453 e. The fourth-order valence-corrected chi connectivity index (χ4v) is 4.24. The van der Waals surface area contributed by atoms with Crippen molar-refractivity contribution in [1.82, 2.24) is 9.62 Å². The van der Waals surface area contributed by atoms with Gasteiger partial charge in [-0.3, -0.25) is 0 Å². The van der Waals surface area contributed by atoms with Crippen LogP contribution in [0.3, 0.4) is 0 Å². The Hall–Kier alpha value is -1.40. The van der Waals surface area contributed by atoms with E-state index in [-0.39, 0.29) is 0 Å². The molecule has 2 aliphatic rings. The number of piperazine rings is 1. The second-order valence-electron chi connectivity index (χ2n) is 6.05. The number of halogens is 1. The van der Waals surface area contributed by atoms with Gasteiger partial charge >= 0.3 is 0 Å². The lowest BCUT2D eigenvalue weighted by atomic mass is 10.1. The molecule has 0 amide bonds. The van der Waals surface area contributed by atoms with Crippen LogP contribution in [-0.2, 0) is 0 Å². The number of hydrogen-bond acceptors (Lipinski definition) is 5. The Labute approximate surface area is 151 Å². The minimum absolute atomic E-state index is 0.404. The number of benzene rings is 2. The molecule has 2 aliphatic heterocycles. The number of hydrogen-bond donors (Lipinski definition) is 2. The van der Waals surface area contributed by atoms with Crippen LogP contribution in [0.15, 0.2) is 36.4 Å². The van der Waals surface area contributed by atoms with E-state index in [1.165, 1.54) is 5.56 Å². The zero-order chi connectivity index (χ0) is 16.5. The molecular weight excluding hydrogens is 342 g/mol. The molecule has 2 aromatic carbocycles. The van der Waals surface area contributed by atoms with E-state index in [0.717, 1.165) is 49.1 Å². The van der Waals surface area contributed by atoms with Gasteiger partial charge in [-0.1, -0.05) is 29.6 Å². The van der Waals surface area contributed by atoms with Gasteiger partial charge < -0.3 is 15.4 Å². The first-order valence-corrected chi connectivity index (χ1v) is 9.41. The van der Waals surface area contributed by atoms with Crippen molar-refractivity contribution < 1.29 is 4.74 Å². The molecule has 0 spiro atoms. The summed E-state index contributed by atoms with van der Waals surface area (Å²) >= 11 is 7.96. The zero-order valence-electron chi connectivity index (χ0n) is 13.5. The maximum Gasteiger partial charge on any atom is 0.152 e. The number of rotatable bonds is 3. The molecule has 4 nitrogen and oxygen atoms in total. The molecule has 0 aliphatic carbocycles. The monoisotopic (exact) mass is 361 g/mol. The molecule has 0 aromatic heterocycles. The van der Waals surface area contributed by atoms with Crippen LogP contribution >= 0.6 is 23.5 Å². The minimum Gasteiger partial charge on any atom is -0.453 e. The summed E-state index contributed by atoms with van der Waals surface area (Å²) in [6, 6.07) is 12.0. The smallest absolute Gasteiger partial charge is 0.152 e. The Morgan fingerprint density at radius 3 is 2.75 bits per heavy atom. The fraction of sp³-hybridized carbons (Fsp3) is 0.333. The third-order valence-electron chi connectivity index (χ3n) is 4.29. The molecule has 0 saturated carbocycles. The Morgan fingerprint density at radius 1 is 1.08 bits per heavy atom. The van der Waals surface area contributed by atoms with Crippen molar-refractivity contribution in [2.75, 3.05) is 31.5 Å². The van der Waals surface area contributed by atoms with Gasteiger partial charge in [0.1, 0.15) is 0 Å². The Morgan fingerprint density at radius 2 is 1.92 bits per heavy atom. The summed E-state index contributed by atoms with van der Waals surface area (Å²) in [5, 5.41) is 7.92. The highest BCUT2D eigenvalue weighted by atomic mass is 35.5. The van der Waals surface area contributed by atoms with Gasteiger partial charge in [0.2, 0.25) is 0 Å². The quantitative estimate of drug-likeness (QED) is 0.655. The third-order valence-corrected chi connectivity index (χ3v) is 5.78. The first-order chi connectivity index (χ1) is 11.7. The Balaban J connectivity index is 1.51. The topological polar surface area (TPSA) is 36.5 Å². The average Bonchev–Trinajstić information content (AvgIpc) is 2.60. The van der Waals surface area contributed by atoms with Crippen molar-refractivity contribution >= 4 is 34.9 Å². The van der Waals surface area contributed by atoms with E-state index in [1.54, 1.807) is 0 Å². The van der Waals surface area contributed by atoms with Crippen LogP contribution in [-0.4, -0.2) is 30.5 Å². The molecule has 126 valence electrons. The van der Waals surface area contributed by atoms with Gasteiger partial charge in [-0.25, -0.2) is 4.31 Å². The van der Waals surface area contributed by atoms with Crippen LogP contribution in [0, 0.1) is 0 Å². The summed E-state index contributed by atoms with van der Waals surface area (Å²) in [6.45, 7) is 6.58. The minimum atomic E-state index is 0.404. The van der Waals surface area contributed by atoms with Crippen LogP contribution < -0.4 is 15.4 Å². The van der Waals surface area contributed by atoms with Gasteiger partial charge in [0.05, 0.1) is 11.4 Å². The SMILES string of the molecule is CC(SN1CCNCC1)c1ccc2c(c1)Nc1ccc(Cl)cc1O2. The van der Waals surface area contributed by atoms with Crippen molar-refractivity contribution in [3.05, 3.63) is 47.0 Å². The zero-order valence-corrected chi connectivity index (χ0v) is 15.1. The van der Waals surface area contributed by atoms with Crippen LogP contribution in [0.25, 0.3) is 0 Å². The van der Waals surface area contributed by atoms with Gasteiger partial charge in [-0.2, -0.15) is 0 Å². The predicted molar refractivity (Wildman–Crippen MR) is 102 cm³/mol. The number of fused-ring (bicyclic) bond motifs is 2. The Bertz CT molecular complexity index is 749. The van der Waals surface area contributed by atoms with Crippen molar-refractivity contribution in [1.29, 1.82) is 0 Å². The molecule has 0 radical (unpaired) electrons. The first-order valence-electron chi connectivity index (χ1n) is 8.20. The number of anilines is 2. The first kappa shape index (κ1) is 16.1. The summed E-state index contributed by atoms with van der Waals surface area (Å²) in [7, 11) is 0. The molecule has 1 saturated heterocycles. The van der Waals surface area contributed by atoms with Gasteiger partial charge in [-0.05, 0) is 36.8 Å². The molecule has 24 heavy (non-hydrogen) atoms. The average molecular weight is 362 g/mol. The van der Waals surface area contributed by atoms with Crippen LogP contribution in [0.4, 0.5) is 11.4 Å². The van der Waals surface area contributed by atoms with Gasteiger partial charge in [0, 0.05) is 42.5 Å². The normalized spacial score (nSPS) is 18.1. The highest BCUT2D eigenvalue weighted by Gasteiger charge is 2.20. The highest BCUT2D eigenvalue weighted by Crippen LogP contribution is 2.44. The van der Waals surface area contributed by atoms with E-state index in [1.807, 2.05) is 36.2 Å². The molecule has 4 rings (SSSR count). The van der Waals surface area contributed by atoms with E-state index in [4.69, 9.17) is 16.3 Å². The van der Waals surface area contributed by atoms with Gasteiger partial charge in [0.25, 0.3) is 0 Å². The predicted octanol–water partition coefficient (Wildman–Crippen LogP) is 4.80. The second kappa shape index (κ2) is 6.84. The van der Waals surface area contributed by atoms with E-state index in [0.29, 0.717) is 10.3 Å². The summed E-state index contributed by atoms with van der Waals surface area (Å²) in [5.74, 6) is 1.61. The third kappa shape index (κ3) is 3.35. The van der Waals surface area contributed by atoms with E-state index >= 15 is 0 Å². The van der Waals surface area contributed by atoms with Crippen molar-refractivity contribution in [2.24, 2.45) is 0 Å². The molecule has 1 fully saturated rings. The highest BCUT2D eigenvalue weighted by molar-refractivity contribution is 7.97. The fourth-order valence-electron chi connectivity index (χ4n) is 2.97. The summed E-state index contributed by atoms with van der Waals surface area (Å²) in [5.41, 5.74) is 3.26. The Kier molecular flexibility index (Phi) is 4.59. The second-order valence-corrected chi connectivity index (χ2v) is 7.92. The molecular formula is C18H20ClN3OS. The molecule has 2 heterocycles. The molecule has 1 unspecified atom stereocenters. The molecule has 6 heteroatoms. The lowest BCUT2D eigenvalue weighted by Gasteiger charge is -2.29. The maximum atomic E-state index is 6.04. The summed E-state index contributed by atoms with van der Waals surface area (Å²) < 4.78 is 8.42. The standard InChI is InChI=1S/C18H20ClN3OS/c1-12(24-22-8-6-20-7-9-22)13-2-5-17-16(10-13)21-15-4-3-14(19)11-18(15)23-17/h2-5,10-12,20-21H,6-9H2,1H3. The van der Waals surface area contributed by atoms with Crippen LogP contribution in [0.1, 0.15) is 17.7 Å². The lowest BCUT2D eigenvalue weighted by Crippen LogP contribution is -2.40. The number of ether oxygens (including phenoxy) is 1. The van der Waals surface area contributed by atoms with Crippen LogP contribution in [0.5, 0.6) is 11.5 Å². The number of nitrogens with zero attached hydrogens (tertiary/aromatic N) is 1. The summed E-state index contributed by atoms with van der Waals surface area (Å²) in [4.78, 5) is 0. The molecule has 1 atom stereocenters. The van der Waals surface area contributed by atoms with E-state index < -0.39 is 0 Å². The molecule has 2 aromatic rings. The number of nitrogens with one attached hydrogen (secondary N) is 2. The maximum absolute atomic E-state index is 6.04. The summed E-state index contributed by atoms with van der Waals surface area (Å²) in [6.07, 6.45) is 0. The van der Waals surface area contributed by atoms with Gasteiger partial charge in [-0.15, -0.1) is 0 Å². The molecule has 0 bridgehead atoms. The molecule has 2 N–H and O–H groups in total. The van der Waals surface area contributed by atoms with Crippen molar-refractivity contribution in [2.45, 2.75) is 12.2 Å².